The number of benzene rings is 5. The molecule has 0 saturated carbocycles. The minimum atomic E-state index is -0.0967. The lowest BCUT2D eigenvalue weighted by Crippen LogP contribution is -2.33. The molecule has 0 aliphatic rings. The summed E-state index contributed by atoms with van der Waals surface area (Å²) in [5.41, 5.74) is 6.40. The molecule has 0 spiro atoms. The number of anilines is 2. The van der Waals surface area contributed by atoms with E-state index in [0.29, 0.717) is 24.2 Å². The zero-order valence-corrected chi connectivity index (χ0v) is 27.7. The van der Waals surface area contributed by atoms with Crippen molar-refractivity contribution in [3.05, 3.63) is 167 Å². The van der Waals surface area contributed by atoms with Gasteiger partial charge in [-0.15, -0.1) is 0 Å². The van der Waals surface area contributed by atoms with E-state index in [4.69, 9.17) is 0 Å². The van der Waals surface area contributed by atoms with Gasteiger partial charge in [0.15, 0.2) is 0 Å². The van der Waals surface area contributed by atoms with Crippen LogP contribution in [0.3, 0.4) is 0 Å². The summed E-state index contributed by atoms with van der Waals surface area (Å²) in [5, 5.41) is 0. The minimum absolute atomic E-state index is 0.0967. The predicted molar refractivity (Wildman–Crippen MR) is 197 cm³/mol. The Kier molecular flexibility index (Phi) is 12.0. The lowest BCUT2D eigenvalue weighted by Gasteiger charge is -2.24. The molecule has 238 valence electrons. The number of nitrogens with zero attached hydrogens (tertiary/aromatic N) is 2. The average molecular weight is 629 g/mol. The third kappa shape index (κ3) is 9.12. The molecule has 0 aromatic heterocycles. The Morgan fingerprint density at radius 2 is 0.750 bits per heavy atom. The van der Waals surface area contributed by atoms with Gasteiger partial charge in [-0.25, -0.2) is 0 Å². The molecule has 0 bridgehead atoms. The first kappa shape index (κ1) is 33.5. The molecular weight excluding hydrogens is 588 g/mol. The molecule has 5 aromatic rings. The highest BCUT2D eigenvalue weighted by Crippen LogP contribution is 2.22. The molecule has 48 heavy (non-hydrogen) atoms. The van der Waals surface area contributed by atoms with Crippen LogP contribution in [-0.2, 0) is 0 Å². The number of amides is 2. The molecule has 5 rings (SSSR count). The maximum atomic E-state index is 13.8. The summed E-state index contributed by atoms with van der Waals surface area (Å²) in [4.78, 5) is 31.2. The topological polar surface area (TPSA) is 40.6 Å². The fraction of sp³-hybridized carbons (Fsp3) is 0.182. The molecule has 0 radical (unpaired) electrons. The average Bonchev–Trinajstić information content (AvgIpc) is 3.15. The van der Waals surface area contributed by atoms with Crippen molar-refractivity contribution in [3.8, 4) is 23.7 Å². The van der Waals surface area contributed by atoms with E-state index >= 15 is 0 Å². The van der Waals surface area contributed by atoms with Gasteiger partial charge in [-0.2, -0.15) is 0 Å². The van der Waals surface area contributed by atoms with Crippen LogP contribution < -0.4 is 9.80 Å². The van der Waals surface area contributed by atoms with Crippen molar-refractivity contribution in [2.45, 2.75) is 39.5 Å². The minimum Gasteiger partial charge on any atom is -0.308 e. The highest BCUT2D eigenvalue weighted by Gasteiger charge is 2.21. The van der Waals surface area contributed by atoms with E-state index in [9.17, 15) is 9.59 Å². The van der Waals surface area contributed by atoms with Crippen LogP contribution in [0, 0.1) is 23.7 Å². The predicted octanol–water partition coefficient (Wildman–Crippen LogP) is 9.38. The third-order valence-electron chi connectivity index (χ3n) is 7.95. The van der Waals surface area contributed by atoms with E-state index in [1.807, 2.05) is 119 Å². The summed E-state index contributed by atoms with van der Waals surface area (Å²) in [6.07, 6.45) is 3.68. The van der Waals surface area contributed by atoms with Gasteiger partial charge in [0.1, 0.15) is 0 Å². The van der Waals surface area contributed by atoms with E-state index in [2.05, 4.69) is 37.5 Å². The molecule has 0 unspecified atom stereocenters. The molecule has 0 N–H and O–H groups in total. The van der Waals surface area contributed by atoms with Gasteiger partial charge in [0.25, 0.3) is 11.8 Å². The lowest BCUT2D eigenvalue weighted by molar-refractivity contribution is 0.0975. The van der Waals surface area contributed by atoms with Gasteiger partial charge < -0.3 is 9.80 Å². The molecule has 0 atom stereocenters. The van der Waals surface area contributed by atoms with Crippen molar-refractivity contribution in [1.82, 2.24) is 0 Å². The summed E-state index contributed by atoms with van der Waals surface area (Å²) in [6.45, 7) is 5.42. The van der Waals surface area contributed by atoms with Gasteiger partial charge in [-0.05, 0) is 110 Å². The number of unbranched alkanes of at least 4 members (excludes halogenated alkanes) is 2. The van der Waals surface area contributed by atoms with Crippen molar-refractivity contribution in [2.24, 2.45) is 0 Å². The Bertz CT molecular complexity index is 1760. The van der Waals surface area contributed by atoms with Gasteiger partial charge in [-0.1, -0.05) is 86.8 Å². The maximum Gasteiger partial charge on any atom is 0.258 e. The third-order valence-corrected chi connectivity index (χ3v) is 7.95. The van der Waals surface area contributed by atoms with Crippen LogP contribution in [0.1, 0.15) is 82.5 Å². The van der Waals surface area contributed by atoms with Crippen molar-refractivity contribution in [1.29, 1.82) is 0 Å². The number of rotatable bonds is 10. The van der Waals surface area contributed by atoms with Crippen molar-refractivity contribution in [2.75, 3.05) is 22.9 Å². The SMILES string of the molecule is CCCCN(C(=O)c1ccc(C(=O)N(CCCC)c2ccc(C#Cc3ccccc3)cc2)cc1)c1ccc(C#Cc2ccccc2)cc1. The van der Waals surface area contributed by atoms with Crippen LogP contribution in [0.25, 0.3) is 0 Å². The number of hydrogen-bond donors (Lipinski definition) is 0. The second-order valence-corrected chi connectivity index (χ2v) is 11.5. The van der Waals surface area contributed by atoms with Crippen molar-refractivity contribution < 1.29 is 9.59 Å². The Hall–Kier alpha value is -5.84. The van der Waals surface area contributed by atoms with Crippen LogP contribution in [-0.4, -0.2) is 24.9 Å². The van der Waals surface area contributed by atoms with Crippen molar-refractivity contribution >= 4 is 23.2 Å². The van der Waals surface area contributed by atoms with Gasteiger partial charge in [0.05, 0.1) is 0 Å². The Morgan fingerprint density at radius 3 is 1.06 bits per heavy atom. The van der Waals surface area contributed by atoms with E-state index < -0.39 is 0 Å². The van der Waals surface area contributed by atoms with Gasteiger partial charge in [0, 0.05) is 57.8 Å². The summed E-state index contributed by atoms with van der Waals surface area (Å²) in [7, 11) is 0. The molecule has 0 heterocycles. The maximum absolute atomic E-state index is 13.8. The van der Waals surface area contributed by atoms with Crippen LogP contribution in [0.15, 0.2) is 133 Å². The largest absolute Gasteiger partial charge is 0.308 e. The summed E-state index contributed by atoms with van der Waals surface area (Å²) in [5.74, 6) is 12.6. The second-order valence-electron chi connectivity index (χ2n) is 11.5. The normalized spacial score (nSPS) is 10.2. The smallest absolute Gasteiger partial charge is 0.258 e. The zero-order valence-electron chi connectivity index (χ0n) is 27.7. The Balaban J connectivity index is 1.31. The number of carbonyl (C=O) groups excluding carboxylic acids is 2. The highest BCUT2D eigenvalue weighted by atomic mass is 16.2. The Labute approximate surface area is 285 Å². The first-order valence-electron chi connectivity index (χ1n) is 16.6. The first-order valence-corrected chi connectivity index (χ1v) is 16.6. The van der Waals surface area contributed by atoms with E-state index in [0.717, 1.165) is 59.3 Å². The lowest BCUT2D eigenvalue weighted by atomic mass is 10.1. The fourth-order valence-corrected chi connectivity index (χ4v) is 5.18. The van der Waals surface area contributed by atoms with Crippen LogP contribution in [0.2, 0.25) is 0 Å². The molecule has 4 nitrogen and oxygen atoms in total. The van der Waals surface area contributed by atoms with Gasteiger partial charge >= 0.3 is 0 Å². The molecule has 0 fully saturated rings. The quantitative estimate of drug-likeness (QED) is 0.145. The van der Waals surface area contributed by atoms with Crippen LogP contribution in [0.5, 0.6) is 0 Å². The van der Waals surface area contributed by atoms with Crippen molar-refractivity contribution in [3.63, 3.8) is 0 Å². The van der Waals surface area contributed by atoms with Crippen LogP contribution in [0.4, 0.5) is 11.4 Å². The number of hydrogen-bond acceptors (Lipinski definition) is 2. The number of carbonyl (C=O) groups is 2. The monoisotopic (exact) mass is 628 g/mol. The van der Waals surface area contributed by atoms with Gasteiger partial charge in [0.2, 0.25) is 0 Å². The van der Waals surface area contributed by atoms with Crippen LogP contribution >= 0.6 is 0 Å². The molecule has 0 aliphatic carbocycles. The van der Waals surface area contributed by atoms with E-state index in [1.165, 1.54) is 0 Å². The highest BCUT2D eigenvalue weighted by molar-refractivity contribution is 6.09. The van der Waals surface area contributed by atoms with E-state index in [1.54, 1.807) is 24.3 Å². The molecule has 0 saturated heterocycles. The molecule has 2 amide bonds. The molecule has 0 aliphatic heterocycles. The summed E-state index contributed by atoms with van der Waals surface area (Å²) < 4.78 is 0. The van der Waals surface area contributed by atoms with E-state index in [-0.39, 0.29) is 11.8 Å². The second kappa shape index (κ2) is 17.2. The summed E-state index contributed by atoms with van der Waals surface area (Å²) >= 11 is 0. The zero-order chi connectivity index (χ0) is 33.6. The van der Waals surface area contributed by atoms with Gasteiger partial charge in [-0.3, -0.25) is 9.59 Å². The summed E-state index contributed by atoms with van der Waals surface area (Å²) in [6, 6.07) is 42.4. The molecular formula is C44H40N2O2. The fourth-order valence-electron chi connectivity index (χ4n) is 5.18. The standard InChI is InChI=1S/C44H40N2O2/c1-3-5-33-45(41-29-21-37(22-30-41)19-17-35-13-9-7-10-14-35)43(47)39-25-27-40(28-26-39)44(48)46(34-6-4-2)42-31-23-38(24-32-42)20-18-36-15-11-8-12-16-36/h7-16,21-32H,3-6,33-34H2,1-2H3. The Morgan fingerprint density at radius 1 is 0.438 bits per heavy atom. The first-order chi connectivity index (χ1) is 23.6. The molecule has 5 aromatic carbocycles. The molecule has 4 heteroatoms.